The highest BCUT2D eigenvalue weighted by Gasteiger charge is 2.16. The molecule has 21 heavy (non-hydrogen) atoms. The highest BCUT2D eigenvalue weighted by atomic mass is 16.1. The van der Waals surface area contributed by atoms with Crippen molar-refractivity contribution in [3.8, 4) is 0 Å². The molecule has 2 heteroatoms. The van der Waals surface area contributed by atoms with E-state index in [-0.39, 0.29) is 5.91 Å². The van der Waals surface area contributed by atoms with E-state index in [9.17, 15) is 4.79 Å². The highest BCUT2D eigenvalue weighted by Crippen LogP contribution is 2.28. The van der Waals surface area contributed by atoms with Gasteiger partial charge in [-0.1, -0.05) is 24.3 Å². The summed E-state index contributed by atoms with van der Waals surface area (Å²) in [6.45, 7) is 4.04. The monoisotopic (exact) mass is 279 g/mol. The second-order valence-corrected chi connectivity index (χ2v) is 5.85. The van der Waals surface area contributed by atoms with Gasteiger partial charge in [-0.3, -0.25) is 4.79 Å². The number of amides is 1. The van der Waals surface area contributed by atoms with E-state index in [2.05, 4.69) is 11.4 Å². The molecule has 0 bridgehead atoms. The zero-order chi connectivity index (χ0) is 14.8. The fourth-order valence-corrected chi connectivity index (χ4v) is 3.09. The average Bonchev–Trinajstić information content (AvgIpc) is 2.50. The van der Waals surface area contributed by atoms with Gasteiger partial charge in [0.2, 0.25) is 0 Å². The predicted molar refractivity (Wildman–Crippen MR) is 87.0 cm³/mol. The minimum atomic E-state index is -0.00447. The second-order valence-electron chi connectivity index (χ2n) is 5.85. The van der Waals surface area contributed by atoms with Crippen molar-refractivity contribution in [2.45, 2.75) is 39.5 Å². The minimum Gasteiger partial charge on any atom is -0.322 e. The van der Waals surface area contributed by atoms with Gasteiger partial charge in [0.15, 0.2) is 0 Å². The van der Waals surface area contributed by atoms with Crippen LogP contribution in [0.2, 0.25) is 0 Å². The van der Waals surface area contributed by atoms with Gasteiger partial charge in [0.05, 0.1) is 0 Å². The van der Waals surface area contributed by atoms with E-state index >= 15 is 0 Å². The van der Waals surface area contributed by atoms with E-state index in [4.69, 9.17) is 0 Å². The summed E-state index contributed by atoms with van der Waals surface area (Å²) in [5, 5.41) is 3.12. The Bertz CT molecular complexity index is 688. The molecule has 0 heterocycles. The summed E-state index contributed by atoms with van der Waals surface area (Å²) in [7, 11) is 0. The Morgan fingerprint density at radius 3 is 2.62 bits per heavy atom. The molecule has 0 unspecified atom stereocenters. The maximum absolute atomic E-state index is 12.6. The Morgan fingerprint density at radius 1 is 1.00 bits per heavy atom. The summed E-state index contributed by atoms with van der Waals surface area (Å²) in [4.78, 5) is 12.6. The molecule has 3 rings (SSSR count). The molecule has 2 aromatic rings. The van der Waals surface area contributed by atoms with Crippen LogP contribution in [0.15, 0.2) is 36.4 Å². The molecule has 0 saturated heterocycles. The number of benzene rings is 2. The van der Waals surface area contributed by atoms with E-state index in [1.165, 1.54) is 24.0 Å². The van der Waals surface area contributed by atoms with Crippen LogP contribution in [0.4, 0.5) is 5.69 Å². The first-order chi connectivity index (χ1) is 10.2. The van der Waals surface area contributed by atoms with Crippen molar-refractivity contribution in [3.63, 3.8) is 0 Å². The normalized spacial score (nSPS) is 13.6. The van der Waals surface area contributed by atoms with Gasteiger partial charge < -0.3 is 5.32 Å². The van der Waals surface area contributed by atoms with Gasteiger partial charge in [0.1, 0.15) is 0 Å². The lowest BCUT2D eigenvalue weighted by molar-refractivity contribution is 0.102. The number of hydrogen-bond acceptors (Lipinski definition) is 1. The van der Waals surface area contributed by atoms with Crippen molar-refractivity contribution in [2.75, 3.05) is 5.32 Å². The van der Waals surface area contributed by atoms with Crippen molar-refractivity contribution < 1.29 is 4.79 Å². The minimum absolute atomic E-state index is 0.00447. The van der Waals surface area contributed by atoms with Gasteiger partial charge >= 0.3 is 0 Å². The van der Waals surface area contributed by atoms with Crippen molar-refractivity contribution >= 4 is 11.6 Å². The molecular weight excluding hydrogens is 258 g/mol. The van der Waals surface area contributed by atoms with Crippen LogP contribution in [-0.4, -0.2) is 5.91 Å². The number of carbonyl (C=O) groups is 1. The first-order valence-electron chi connectivity index (χ1n) is 7.65. The Hall–Kier alpha value is -2.09. The van der Waals surface area contributed by atoms with Crippen LogP contribution in [0, 0.1) is 13.8 Å². The molecular formula is C19H21NO. The molecule has 1 aliphatic carbocycles. The molecule has 1 aliphatic rings. The van der Waals surface area contributed by atoms with Crippen molar-refractivity contribution in [1.29, 1.82) is 0 Å². The standard InChI is InChI=1S/C19H21NO/c1-13-7-5-11-16(14(13)2)19(21)20-18-12-6-9-15-8-3-4-10-17(15)18/h5-7,9,11-12H,3-4,8,10H2,1-2H3,(H,20,21). The smallest absolute Gasteiger partial charge is 0.255 e. The maximum Gasteiger partial charge on any atom is 0.255 e. The molecule has 2 nitrogen and oxygen atoms in total. The van der Waals surface area contributed by atoms with E-state index in [1.807, 2.05) is 44.2 Å². The lowest BCUT2D eigenvalue weighted by Gasteiger charge is -2.20. The molecule has 1 N–H and O–H groups in total. The number of aryl methyl sites for hydroxylation is 2. The maximum atomic E-state index is 12.6. The van der Waals surface area contributed by atoms with E-state index in [0.29, 0.717) is 0 Å². The van der Waals surface area contributed by atoms with E-state index in [0.717, 1.165) is 35.2 Å². The SMILES string of the molecule is Cc1cccc(C(=O)Nc2cccc3c2CCCC3)c1C. The molecule has 0 aliphatic heterocycles. The van der Waals surface area contributed by atoms with E-state index < -0.39 is 0 Å². The Labute approximate surface area is 126 Å². The third-order valence-corrected chi connectivity index (χ3v) is 4.49. The van der Waals surface area contributed by atoms with Crippen LogP contribution in [0.25, 0.3) is 0 Å². The fraction of sp³-hybridized carbons (Fsp3) is 0.316. The molecule has 0 fully saturated rings. The summed E-state index contributed by atoms with van der Waals surface area (Å²) < 4.78 is 0. The number of fused-ring (bicyclic) bond motifs is 1. The molecule has 0 aromatic heterocycles. The zero-order valence-corrected chi connectivity index (χ0v) is 12.7. The van der Waals surface area contributed by atoms with Crippen LogP contribution < -0.4 is 5.32 Å². The number of nitrogens with one attached hydrogen (secondary N) is 1. The number of rotatable bonds is 2. The number of anilines is 1. The third-order valence-electron chi connectivity index (χ3n) is 4.49. The fourth-order valence-electron chi connectivity index (χ4n) is 3.09. The van der Waals surface area contributed by atoms with Gasteiger partial charge in [-0.05, 0) is 73.9 Å². The van der Waals surface area contributed by atoms with Gasteiger partial charge in [-0.15, -0.1) is 0 Å². The van der Waals surface area contributed by atoms with Crippen LogP contribution in [0.1, 0.15) is 45.5 Å². The Kier molecular flexibility index (Phi) is 3.78. The third kappa shape index (κ3) is 2.71. The lowest BCUT2D eigenvalue weighted by atomic mass is 9.90. The first kappa shape index (κ1) is 13.9. The van der Waals surface area contributed by atoms with Crippen LogP contribution in [-0.2, 0) is 12.8 Å². The summed E-state index contributed by atoms with van der Waals surface area (Å²) in [5.41, 5.74) is 6.67. The van der Waals surface area contributed by atoms with Gasteiger partial charge in [0.25, 0.3) is 5.91 Å². The number of carbonyl (C=O) groups excluding carboxylic acids is 1. The predicted octanol–water partition coefficient (Wildman–Crippen LogP) is 4.43. The van der Waals surface area contributed by atoms with Crippen LogP contribution in [0.5, 0.6) is 0 Å². The summed E-state index contributed by atoms with van der Waals surface area (Å²) >= 11 is 0. The lowest BCUT2D eigenvalue weighted by Crippen LogP contribution is -2.16. The van der Waals surface area contributed by atoms with Crippen LogP contribution >= 0.6 is 0 Å². The van der Waals surface area contributed by atoms with Crippen molar-refractivity contribution in [3.05, 3.63) is 64.2 Å². The molecule has 2 aromatic carbocycles. The summed E-state index contributed by atoms with van der Waals surface area (Å²) in [6, 6.07) is 12.1. The highest BCUT2D eigenvalue weighted by molar-refractivity contribution is 6.05. The van der Waals surface area contributed by atoms with Gasteiger partial charge in [0, 0.05) is 11.3 Å². The molecule has 0 spiro atoms. The molecule has 0 atom stereocenters. The van der Waals surface area contributed by atoms with Crippen molar-refractivity contribution in [2.24, 2.45) is 0 Å². The molecule has 0 radical (unpaired) electrons. The second kappa shape index (κ2) is 5.72. The van der Waals surface area contributed by atoms with Crippen LogP contribution in [0.3, 0.4) is 0 Å². The Morgan fingerprint density at radius 2 is 1.76 bits per heavy atom. The average molecular weight is 279 g/mol. The molecule has 108 valence electrons. The topological polar surface area (TPSA) is 29.1 Å². The van der Waals surface area contributed by atoms with Crippen molar-refractivity contribution in [1.82, 2.24) is 0 Å². The Balaban J connectivity index is 1.90. The van der Waals surface area contributed by atoms with Gasteiger partial charge in [-0.25, -0.2) is 0 Å². The summed E-state index contributed by atoms with van der Waals surface area (Å²) in [6.07, 6.45) is 4.66. The summed E-state index contributed by atoms with van der Waals surface area (Å²) in [5.74, 6) is -0.00447. The van der Waals surface area contributed by atoms with E-state index in [1.54, 1.807) is 0 Å². The zero-order valence-electron chi connectivity index (χ0n) is 12.7. The largest absolute Gasteiger partial charge is 0.322 e. The molecule has 0 saturated carbocycles. The molecule has 1 amide bonds. The van der Waals surface area contributed by atoms with Gasteiger partial charge in [-0.2, -0.15) is 0 Å². The number of hydrogen-bond donors (Lipinski definition) is 1. The quantitative estimate of drug-likeness (QED) is 0.865. The first-order valence-corrected chi connectivity index (χ1v) is 7.65.